The maximum atomic E-state index is 14.0. The lowest BCUT2D eigenvalue weighted by atomic mass is 10.1. The summed E-state index contributed by atoms with van der Waals surface area (Å²) in [5, 5.41) is 17.5. The normalized spacial score (nSPS) is 19.5. The van der Waals surface area contributed by atoms with Gasteiger partial charge in [0.05, 0.1) is 24.1 Å². The van der Waals surface area contributed by atoms with Crippen molar-refractivity contribution in [2.75, 3.05) is 18.5 Å². The molecular formula is C19H19FN4O4. The van der Waals surface area contributed by atoms with Crippen molar-refractivity contribution in [3.63, 3.8) is 0 Å². The number of nitrogens with one attached hydrogen (secondary N) is 1. The summed E-state index contributed by atoms with van der Waals surface area (Å²) in [7, 11) is 1.74. The molecule has 0 radical (unpaired) electrons. The molecule has 0 spiro atoms. The number of fused-ring (bicyclic) bond motifs is 1. The molecule has 2 unspecified atom stereocenters. The Balaban J connectivity index is 1.57. The smallest absolute Gasteiger partial charge is 0.278 e. The SMILES string of the molecule is Cn1nc(OC2CCOCC2F)c2ccc(NC(=O)c3ncccc3O)cc21. The topological polar surface area (TPSA) is 98.5 Å². The molecule has 9 heteroatoms. The van der Waals surface area contributed by atoms with Gasteiger partial charge in [-0.05, 0) is 30.3 Å². The number of hydrogen-bond acceptors (Lipinski definition) is 6. The first kappa shape index (κ1) is 18.2. The Morgan fingerprint density at radius 1 is 1.43 bits per heavy atom. The van der Waals surface area contributed by atoms with Crippen LogP contribution in [-0.2, 0) is 11.8 Å². The van der Waals surface area contributed by atoms with Crippen molar-refractivity contribution in [1.82, 2.24) is 14.8 Å². The molecule has 1 aliphatic heterocycles. The number of benzene rings is 1. The van der Waals surface area contributed by atoms with Crippen molar-refractivity contribution < 1.29 is 23.8 Å². The van der Waals surface area contributed by atoms with Crippen molar-refractivity contribution in [2.45, 2.75) is 18.7 Å². The number of carbonyl (C=O) groups is 1. The fourth-order valence-electron chi connectivity index (χ4n) is 3.11. The van der Waals surface area contributed by atoms with E-state index >= 15 is 0 Å². The minimum Gasteiger partial charge on any atom is -0.505 e. The lowest BCUT2D eigenvalue weighted by Gasteiger charge is -2.25. The third kappa shape index (κ3) is 3.48. The van der Waals surface area contributed by atoms with E-state index in [0.717, 1.165) is 0 Å². The molecule has 146 valence electrons. The Morgan fingerprint density at radius 2 is 2.29 bits per heavy atom. The minimum absolute atomic E-state index is 0.0198. The molecule has 0 bridgehead atoms. The van der Waals surface area contributed by atoms with Gasteiger partial charge in [-0.1, -0.05) is 0 Å². The highest BCUT2D eigenvalue weighted by Gasteiger charge is 2.28. The maximum Gasteiger partial charge on any atom is 0.278 e. The van der Waals surface area contributed by atoms with Gasteiger partial charge in [0, 0.05) is 25.4 Å². The third-order valence-electron chi connectivity index (χ3n) is 4.57. The molecule has 1 fully saturated rings. The average molecular weight is 386 g/mol. The number of anilines is 1. The van der Waals surface area contributed by atoms with Crippen molar-refractivity contribution >= 4 is 22.5 Å². The van der Waals surface area contributed by atoms with Gasteiger partial charge in [-0.25, -0.2) is 9.37 Å². The number of halogens is 1. The van der Waals surface area contributed by atoms with Crippen LogP contribution in [0.1, 0.15) is 16.9 Å². The van der Waals surface area contributed by atoms with Gasteiger partial charge in [0.15, 0.2) is 11.9 Å². The second kappa shape index (κ2) is 7.43. The molecular weight excluding hydrogens is 367 g/mol. The predicted molar refractivity (Wildman–Crippen MR) is 99.3 cm³/mol. The van der Waals surface area contributed by atoms with Crippen molar-refractivity contribution in [3.8, 4) is 11.6 Å². The fourth-order valence-corrected chi connectivity index (χ4v) is 3.11. The highest BCUT2D eigenvalue weighted by atomic mass is 19.1. The molecule has 4 rings (SSSR count). The molecule has 8 nitrogen and oxygen atoms in total. The molecule has 3 aromatic rings. The molecule has 0 saturated carbocycles. The van der Waals surface area contributed by atoms with E-state index in [2.05, 4.69) is 15.4 Å². The van der Waals surface area contributed by atoms with E-state index in [4.69, 9.17) is 9.47 Å². The van der Waals surface area contributed by atoms with Gasteiger partial charge in [0.1, 0.15) is 11.9 Å². The first-order chi connectivity index (χ1) is 13.5. The summed E-state index contributed by atoms with van der Waals surface area (Å²) in [6.07, 6.45) is 0.0894. The maximum absolute atomic E-state index is 14.0. The van der Waals surface area contributed by atoms with Crippen molar-refractivity contribution in [1.29, 1.82) is 0 Å². The Morgan fingerprint density at radius 3 is 3.07 bits per heavy atom. The summed E-state index contributed by atoms with van der Waals surface area (Å²) < 4.78 is 26.5. The molecule has 28 heavy (non-hydrogen) atoms. The van der Waals surface area contributed by atoms with Crippen LogP contribution in [0.5, 0.6) is 11.6 Å². The average Bonchev–Trinajstić information content (AvgIpc) is 2.99. The molecule has 2 aromatic heterocycles. The van der Waals surface area contributed by atoms with Gasteiger partial charge in [0.2, 0.25) is 5.88 Å². The lowest BCUT2D eigenvalue weighted by molar-refractivity contribution is -0.0393. The number of aromatic hydroxyl groups is 1. The third-order valence-corrected chi connectivity index (χ3v) is 4.57. The van der Waals surface area contributed by atoms with E-state index in [1.165, 1.54) is 18.3 Å². The Kier molecular flexibility index (Phi) is 4.82. The summed E-state index contributed by atoms with van der Waals surface area (Å²) in [6, 6.07) is 8.09. The molecule has 1 saturated heterocycles. The van der Waals surface area contributed by atoms with Gasteiger partial charge in [0.25, 0.3) is 5.91 Å². The molecule has 1 amide bonds. The van der Waals surface area contributed by atoms with Crippen LogP contribution in [0, 0.1) is 0 Å². The van der Waals surface area contributed by atoms with Crippen LogP contribution in [-0.4, -0.2) is 51.3 Å². The summed E-state index contributed by atoms with van der Waals surface area (Å²) in [5.74, 6) is -0.389. The van der Waals surface area contributed by atoms with Gasteiger partial charge in [-0.3, -0.25) is 9.48 Å². The molecule has 2 atom stereocenters. The zero-order chi connectivity index (χ0) is 19.7. The zero-order valence-electron chi connectivity index (χ0n) is 15.1. The van der Waals surface area contributed by atoms with Crippen LogP contribution in [0.2, 0.25) is 0 Å². The van der Waals surface area contributed by atoms with Crippen LogP contribution in [0.15, 0.2) is 36.5 Å². The number of hydrogen-bond donors (Lipinski definition) is 2. The van der Waals surface area contributed by atoms with Crippen LogP contribution in [0.3, 0.4) is 0 Å². The molecule has 2 N–H and O–H groups in total. The second-order valence-electron chi connectivity index (χ2n) is 6.52. The number of aryl methyl sites for hydroxylation is 1. The lowest BCUT2D eigenvalue weighted by Crippen LogP contribution is -2.37. The van der Waals surface area contributed by atoms with Crippen LogP contribution in [0.4, 0.5) is 10.1 Å². The number of alkyl halides is 1. The molecule has 3 heterocycles. The quantitative estimate of drug-likeness (QED) is 0.715. The van der Waals surface area contributed by atoms with Gasteiger partial charge >= 0.3 is 0 Å². The number of ether oxygens (including phenoxy) is 2. The zero-order valence-corrected chi connectivity index (χ0v) is 15.1. The van der Waals surface area contributed by atoms with Crippen LogP contribution < -0.4 is 10.1 Å². The number of pyridine rings is 1. The summed E-state index contributed by atoms with van der Waals surface area (Å²) >= 11 is 0. The number of nitrogens with zero attached hydrogens (tertiary/aromatic N) is 3. The van der Waals surface area contributed by atoms with Gasteiger partial charge in [-0.15, -0.1) is 5.10 Å². The van der Waals surface area contributed by atoms with E-state index in [1.54, 1.807) is 29.9 Å². The van der Waals surface area contributed by atoms with Crippen LogP contribution in [0.25, 0.3) is 10.9 Å². The summed E-state index contributed by atoms with van der Waals surface area (Å²) in [4.78, 5) is 16.2. The standard InChI is InChI=1S/C19H19FN4O4/c1-24-14-9-11(22-18(26)17-15(25)3-2-7-21-17)4-5-12(14)19(23-24)28-16-6-8-27-10-13(16)20/h2-5,7,9,13,16,25H,6,8,10H2,1H3,(H,22,26). The van der Waals surface area contributed by atoms with E-state index in [-0.39, 0.29) is 18.1 Å². The van der Waals surface area contributed by atoms with E-state index in [9.17, 15) is 14.3 Å². The first-order valence-corrected chi connectivity index (χ1v) is 8.83. The van der Waals surface area contributed by atoms with E-state index in [0.29, 0.717) is 35.5 Å². The summed E-state index contributed by atoms with van der Waals surface area (Å²) in [6.45, 7) is 0.471. The van der Waals surface area contributed by atoms with Crippen molar-refractivity contribution in [2.24, 2.45) is 7.05 Å². The molecule has 1 aromatic carbocycles. The minimum atomic E-state index is -1.20. The van der Waals surface area contributed by atoms with Crippen LogP contribution >= 0.6 is 0 Å². The van der Waals surface area contributed by atoms with E-state index in [1.807, 2.05) is 0 Å². The van der Waals surface area contributed by atoms with Gasteiger partial charge < -0.3 is 19.9 Å². The predicted octanol–water partition coefficient (Wildman–Crippen LogP) is 2.43. The summed E-state index contributed by atoms with van der Waals surface area (Å²) in [5.41, 5.74) is 1.15. The fraction of sp³-hybridized carbons (Fsp3) is 0.316. The number of carbonyl (C=O) groups excluding carboxylic acids is 1. The first-order valence-electron chi connectivity index (χ1n) is 8.83. The number of amides is 1. The molecule has 0 aliphatic carbocycles. The monoisotopic (exact) mass is 386 g/mol. The second-order valence-corrected chi connectivity index (χ2v) is 6.52. The molecule has 1 aliphatic rings. The van der Waals surface area contributed by atoms with Crippen molar-refractivity contribution in [3.05, 3.63) is 42.2 Å². The Labute approximate surface area is 159 Å². The number of aromatic nitrogens is 3. The Hall–Kier alpha value is -3.20. The largest absolute Gasteiger partial charge is 0.505 e. The number of rotatable bonds is 4. The highest BCUT2D eigenvalue weighted by Crippen LogP contribution is 2.30. The highest BCUT2D eigenvalue weighted by molar-refractivity contribution is 6.05. The van der Waals surface area contributed by atoms with Gasteiger partial charge in [-0.2, -0.15) is 0 Å². The Bertz CT molecular complexity index is 1020. The van der Waals surface area contributed by atoms with E-state index < -0.39 is 18.2 Å².